The Bertz CT molecular complexity index is 416. The van der Waals surface area contributed by atoms with Crippen LogP contribution in [0.5, 0.6) is 0 Å². The van der Waals surface area contributed by atoms with Crippen molar-refractivity contribution in [3.05, 3.63) is 12.2 Å². The summed E-state index contributed by atoms with van der Waals surface area (Å²) in [5.41, 5.74) is 0. The van der Waals surface area contributed by atoms with Gasteiger partial charge in [-0.25, -0.2) is 0 Å². The first-order valence-corrected chi connectivity index (χ1v) is 8.57. The molecule has 2 heterocycles. The van der Waals surface area contributed by atoms with Crippen molar-refractivity contribution in [3.63, 3.8) is 0 Å². The first-order chi connectivity index (χ1) is 10.4. The number of piperidine rings is 2. The summed E-state index contributed by atoms with van der Waals surface area (Å²) in [6.45, 7) is 11.9. The second kappa shape index (κ2) is 10.8. The largest absolute Gasteiger partial charge is 0.299 e. The highest BCUT2D eigenvalue weighted by Gasteiger charge is 2.29. The minimum atomic E-state index is 0. The van der Waals surface area contributed by atoms with Gasteiger partial charge in [0.05, 0.1) is 0 Å². The Labute approximate surface area is 167 Å². The van der Waals surface area contributed by atoms with Crippen molar-refractivity contribution in [2.45, 2.75) is 52.6 Å². The second-order valence-electron chi connectivity index (χ2n) is 7.22. The molecule has 0 aromatic heterocycles. The summed E-state index contributed by atoms with van der Waals surface area (Å²) in [5.74, 6) is 1.12. The van der Waals surface area contributed by atoms with Gasteiger partial charge in [0.15, 0.2) is 0 Å². The van der Waals surface area contributed by atoms with Crippen LogP contribution in [-0.2, 0) is 9.59 Å². The van der Waals surface area contributed by atoms with Gasteiger partial charge < -0.3 is 0 Å². The molecule has 2 aliphatic rings. The molecule has 0 N–H and O–H groups in total. The first kappa shape index (κ1) is 24.0. The van der Waals surface area contributed by atoms with Gasteiger partial charge in [0, 0.05) is 62.9 Å². The summed E-state index contributed by atoms with van der Waals surface area (Å²) in [5, 5.41) is 0. The predicted molar refractivity (Wildman–Crippen MR) is 109 cm³/mol. The molecule has 0 spiro atoms. The Kier molecular flexibility index (Phi) is 10.8. The number of carbonyl (C=O) groups is 2. The summed E-state index contributed by atoms with van der Waals surface area (Å²) in [6.07, 6.45) is 5.79. The van der Waals surface area contributed by atoms with Gasteiger partial charge in [0.25, 0.3) is 0 Å². The third kappa shape index (κ3) is 6.36. The van der Waals surface area contributed by atoms with E-state index in [0.717, 1.165) is 26.2 Å². The van der Waals surface area contributed by atoms with Crippen molar-refractivity contribution in [2.24, 2.45) is 11.8 Å². The highest BCUT2D eigenvalue weighted by atomic mass is 79.9. The van der Waals surface area contributed by atoms with E-state index in [1.165, 1.54) is 0 Å². The van der Waals surface area contributed by atoms with Crippen molar-refractivity contribution in [2.75, 3.05) is 26.2 Å². The van der Waals surface area contributed by atoms with Crippen LogP contribution in [-0.4, -0.2) is 59.6 Å². The fourth-order valence-corrected chi connectivity index (χ4v) is 3.44. The topological polar surface area (TPSA) is 40.6 Å². The maximum atomic E-state index is 11.7. The fraction of sp³-hybridized carbons (Fsp3) is 0.778. The zero-order chi connectivity index (χ0) is 16.3. The molecule has 140 valence electrons. The first-order valence-electron chi connectivity index (χ1n) is 8.57. The van der Waals surface area contributed by atoms with Crippen molar-refractivity contribution < 1.29 is 9.59 Å². The fourth-order valence-electron chi connectivity index (χ4n) is 3.44. The van der Waals surface area contributed by atoms with E-state index in [0.29, 0.717) is 36.5 Å². The highest BCUT2D eigenvalue weighted by molar-refractivity contribution is 8.93. The molecule has 2 rings (SSSR count). The van der Waals surface area contributed by atoms with Gasteiger partial charge in [-0.1, -0.05) is 26.0 Å². The van der Waals surface area contributed by atoms with Crippen LogP contribution in [0.2, 0.25) is 0 Å². The third-order valence-corrected chi connectivity index (χ3v) is 5.20. The van der Waals surface area contributed by atoms with Gasteiger partial charge in [-0.05, 0) is 13.8 Å². The van der Waals surface area contributed by atoms with Crippen LogP contribution in [0, 0.1) is 11.8 Å². The molecule has 2 fully saturated rings. The van der Waals surface area contributed by atoms with Gasteiger partial charge in [0.1, 0.15) is 11.6 Å². The number of halogens is 2. The molecular formula is C18H32Br2N2O2. The van der Waals surface area contributed by atoms with E-state index in [-0.39, 0.29) is 45.8 Å². The lowest BCUT2D eigenvalue weighted by Crippen LogP contribution is -2.46. The zero-order valence-electron chi connectivity index (χ0n) is 15.2. The number of likely N-dealkylation sites (tertiary alicyclic amines) is 2. The molecule has 4 nitrogen and oxygen atoms in total. The summed E-state index contributed by atoms with van der Waals surface area (Å²) in [6, 6.07) is 0.694. The molecule has 0 saturated carbocycles. The van der Waals surface area contributed by atoms with Crippen LogP contribution in [0.25, 0.3) is 0 Å². The van der Waals surface area contributed by atoms with Gasteiger partial charge >= 0.3 is 0 Å². The summed E-state index contributed by atoms with van der Waals surface area (Å²) < 4.78 is 0. The molecule has 24 heavy (non-hydrogen) atoms. The lowest BCUT2D eigenvalue weighted by molar-refractivity contribution is -0.127. The average molecular weight is 468 g/mol. The Balaban J connectivity index is 0.00000264. The molecule has 0 bridgehead atoms. The minimum Gasteiger partial charge on any atom is -0.299 e. The van der Waals surface area contributed by atoms with Crippen LogP contribution in [0.4, 0.5) is 0 Å². The second-order valence-corrected chi connectivity index (χ2v) is 7.22. The number of carbonyl (C=O) groups excluding carboxylic acids is 2. The van der Waals surface area contributed by atoms with Crippen LogP contribution >= 0.6 is 34.0 Å². The van der Waals surface area contributed by atoms with E-state index in [4.69, 9.17) is 0 Å². The van der Waals surface area contributed by atoms with Gasteiger partial charge in [-0.15, -0.1) is 34.0 Å². The normalized spacial score (nSPS) is 32.5. The lowest BCUT2D eigenvalue weighted by atomic mass is 9.93. The van der Waals surface area contributed by atoms with Crippen LogP contribution in [0.15, 0.2) is 12.2 Å². The third-order valence-electron chi connectivity index (χ3n) is 5.20. The van der Waals surface area contributed by atoms with Crippen LogP contribution in [0.3, 0.4) is 0 Å². The molecule has 2 aliphatic heterocycles. The van der Waals surface area contributed by atoms with Gasteiger partial charge in [0.2, 0.25) is 0 Å². The molecule has 0 amide bonds. The number of hydrogen-bond acceptors (Lipinski definition) is 4. The van der Waals surface area contributed by atoms with E-state index in [1.807, 2.05) is 13.8 Å². The molecule has 6 heteroatoms. The van der Waals surface area contributed by atoms with E-state index < -0.39 is 0 Å². The molecule has 0 aromatic rings. The van der Waals surface area contributed by atoms with Crippen molar-refractivity contribution in [3.8, 4) is 0 Å². The van der Waals surface area contributed by atoms with Crippen molar-refractivity contribution in [1.82, 2.24) is 9.80 Å². The monoisotopic (exact) mass is 466 g/mol. The molecule has 4 atom stereocenters. The van der Waals surface area contributed by atoms with E-state index >= 15 is 0 Å². The molecule has 0 aromatic carbocycles. The maximum Gasteiger partial charge on any atom is 0.138 e. The summed E-state index contributed by atoms with van der Waals surface area (Å²) in [4.78, 5) is 28.2. The average Bonchev–Trinajstić information content (AvgIpc) is 2.45. The molecule has 4 unspecified atom stereocenters. The summed E-state index contributed by atoms with van der Waals surface area (Å²) >= 11 is 0. The Morgan fingerprint density at radius 3 is 1.46 bits per heavy atom. The molecule has 0 aliphatic carbocycles. The Hall–Kier alpha value is -0.0400. The SMILES string of the molecule is Br.Br.CC1CN(C/C=C/CN2CC(C)C(=O)CC2C)C(C)CC1=O. The number of Topliss-reactive ketones (excluding diaryl/α,β-unsaturated/α-hetero) is 2. The predicted octanol–water partition coefficient (Wildman–Crippen LogP) is 3.30. The Morgan fingerprint density at radius 1 is 0.792 bits per heavy atom. The van der Waals surface area contributed by atoms with Crippen molar-refractivity contribution >= 4 is 45.5 Å². The quantitative estimate of drug-likeness (QED) is 0.594. The maximum absolute atomic E-state index is 11.7. The zero-order valence-corrected chi connectivity index (χ0v) is 18.7. The van der Waals surface area contributed by atoms with Gasteiger partial charge in [-0.3, -0.25) is 19.4 Å². The van der Waals surface area contributed by atoms with Crippen LogP contribution < -0.4 is 0 Å². The number of nitrogens with zero attached hydrogens (tertiary/aromatic N) is 2. The number of rotatable bonds is 4. The standard InChI is InChI=1S/C18H30N2O2.2BrH/c1-13-11-19(15(3)9-17(13)21)7-5-6-8-20-12-14(2)18(22)10-16(20)4;;/h5-6,13-16H,7-12H2,1-4H3;2*1H/b6-5+;;. The number of hydrogen-bond donors (Lipinski definition) is 0. The van der Waals surface area contributed by atoms with Gasteiger partial charge in [-0.2, -0.15) is 0 Å². The highest BCUT2D eigenvalue weighted by Crippen LogP contribution is 2.19. The number of ketones is 2. The molecule has 2 saturated heterocycles. The summed E-state index contributed by atoms with van der Waals surface area (Å²) in [7, 11) is 0. The van der Waals surface area contributed by atoms with E-state index in [2.05, 4.69) is 35.8 Å². The minimum absolute atomic E-state index is 0. The Morgan fingerprint density at radius 2 is 1.12 bits per heavy atom. The van der Waals surface area contributed by atoms with Crippen LogP contribution in [0.1, 0.15) is 40.5 Å². The smallest absolute Gasteiger partial charge is 0.138 e. The van der Waals surface area contributed by atoms with E-state index in [9.17, 15) is 9.59 Å². The van der Waals surface area contributed by atoms with Crippen molar-refractivity contribution in [1.29, 1.82) is 0 Å². The lowest BCUT2D eigenvalue weighted by Gasteiger charge is -2.36. The van der Waals surface area contributed by atoms with E-state index in [1.54, 1.807) is 0 Å². The molecular weight excluding hydrogens is 436 g/mol. The molecule has 0 radical (unpaired) electrons.